The molecule has 0 unspecified atom stereocenters. The summed E-state index contributed by atoms with van der Waals surface area (Å²) in [5, 5.41) is 2.60. The summed E-state index contributed by atoms with van der Waals surface area (Å²) in [5.41, 5.74) is 1.35. The maximum Gasteiger partial charge on any atom is 0.305 e. The number of benzene rings is 2. The van der Waals surface area contributed by atoms with Gasteiger partial charge in [-0.1, -0.05) is 139 Å². The lowest BCUT2D eigenvalue weighted by atomic mass is 10.0. The van der Waals surface area contributed by atoms with E-state index in [1.54, 1.807) is 0 Å². The predicted octanol–water partition coefficient (Wildman–Crippen LogP) is 6.22. The lowest BCUT2D eigenvalue weighted by molar-refractivity contribution is -0.903. The number of halogens is 1. The number of nitrogens with zero attached hydrogens (tertiary/aromatic N) is 1. The third kappa shape index (κ3) is 15.4. The number of quaternary nitrogens is 1. The minimum Gasteiger partial charge on any atom is -1.00 e. The zero-order chi connectivity index (χ0) is 25.9. The predicted molar refractivity (Wildman–Crippen MR) is 155 cm³/mol. The molecule has 0 aliphatic carbocycles. The van der Waals surface area contributed by atoms with Crippen LogP contribution in [0.25, 0.3) is 10.8 Å². The fourth-order valence-electron chi connectivity index (χ4n) is 5.09. The molecule has 0 N–H and O–H groups in total. The molecule has 2 aromatic carbocycles. The Morgan fingerprint density at radius 1 is 0.703 bits per heavy atom. The van der Waals surface area contributed by atoms with E-state index in [0.717, 1.165) is 30.4 Å². The van der Waals surface area contributed by atoms with Crippen LogP contribution in [-0.2, 0) is 16.1 Å². The third-order valence-corrected chi connectivity index (χ3v) is 7.42. The van der Waals surface area contributed by atoms with Gasteiger partial charge >= 0.3 is 5.97 Å². The highest BCUT2D eigenvalue weighted by Crippen LogP contribution is 2.21. The first-order chi connectivity index (χ1) is 17.5. The standard InChI is InChI=1S/C33H54NO2.ClH/c1-4-5-6-7-8-9-10-11-12-13-14-15-16-17-18-26-33(35)36-28-27-34(2,3)29-31-24-21-23-30-22-19-20-25-32(30)31;/h19-25H,4-18,26-29H2,1-3H3;1H/q+1;/p-1. The number of hydrogen-bond acceptors (Lipinski definition) is 2. The highest BCUT2D eigenvalue weighted by Gasteiger charge is 2.18. The summed E-state index contributed by atoms with van der Waals surface area (Å²) in [6.45, 7) is 4.53. The first-order valence-corrected chi connectivity index (χ1v) is 15.0. The summed E-state index contributed by atoms with van der Waals surface area (Å²) in [4.78, 5) is 12.2. The lowest BCUT2D eigenvalue weighted by Crippen LogP contribution is -3.00. The van der Waals surface area contributed by atoms with Crippen LogP contribution in [0.4, 0.5) is 0 Å². The Bertz CT molecular complexity index is 846. The zero-order valence-corrected chi connectivity index (χ0v) is 24.9. The molecule has 2 rings (SSSR count). The van der Waals surface area contributed by atoms with Gasteiger partial charge in [0.1, 0.15) is 19.7 Å². The molecule has 210 valence electrons. The smallest absolute Gasteiger partial charge is 0.305 e. The molecule has 0 heterocycles. The average Bonchev–Trinajstić information content (AvgIpc) is 2.86. The van der Waals surface area contributed by atoms with E-state index in [-0.39, 0.29) is 18.4 Å². The SMILES string of the molecule is CCCCCCCCCCCCCCCCCC(=O)OCC[N+](C)(C)Cc1cccc2ccccc12.[Cl-]. The number of rotatable bonds is 21. The molecule has 0 aliphatic rings. The van der Waals surface area contributed by atoms with Crippen molar-refractivity contribution in [2.24, 2.45) is 0 Å². The fraction of sp³-hybridized carbons (Fsp3) is 0.667. The van der Waals surface area contributed by atoms with Crippen molar-refractivity contribution in [1.82, 2.24) is 0 Å². The normalized spacial score (nSPS) is 11.4. The van der Waals surface area contributed by atoms with Crippen molar-refractivity contribution in [2.45, 2.75) is 116 Å². The van der Waals surface area contributed by atoms with E-state index in [2.05, 4.69) is 63.5 Å². The monoisotopic (exact) mass is 531 g/mol. The van der Waals surface area contributed by atoms with Gasteiger partial charge in [0.2, 0.25) is 0 Å². The van der Waals surface area contributed by atoms with Gasteiger partial charge in [0.15, 0.2) is 0 Å². The van der Waals surface area contributed by atoms with Crippen LogP contribution in [0.3, 0.4) is 0 Å². The first kappa shape index (κ1) is 33.4. The van der Waals surface area contributed by atoms with Crippen molar-refractivity contribution in [2.75, 3.05) is 27.2 Å². The average molecular weight is 532 g/mol. The molecule has 37 heavy (non-hydrogen) atoms. The quantitative estimate of drug-likeness (QED) is 0.108. The van der Waals surface area contributed by atoms with Gasteiger partial charge in [-0.2, -0.15) is 0 Å². The zero-order valence-electron chi connectivity index (χ0n) is 24.1. The molecule has 0 saturated heterocycles. The van der Waals surface area contributed by atoms with E-state index in [1.165, 1.54) is 99.8 Å². The molecule has 0 amide bonds. The van der Waals surface area contributed by atoms with E-state index in [1.807, 2.05) is 0 Å². The summed E-state index contributed by atoms with van der Waals surface area (Å²) in [7, 11) is 4.43. The van der Waals surface area contributed by atoms with E-state index in [0.29, 0.717) is 13.0 Å². The number of likely N-dealkylation sites (N-methyl/N-ethyl adjacent to an activating group) is 1. The molecule has 0 bridgehead atoms. The molecule has 0 atom stereocenters. The lowest BCUT2D eigenvalue weighted by Gasteiger charge is -2.30. The highest BCUT2D eigenvalue weighted by atomic mass is 35.5. The Balaban J connectivity index is 0.00000684. The van der Waals surface area contributed by atoms with Crippen molar-refractivity contribution >= 4 is 16.7 Å². The summed E-state index contributed by atoms with van der Waals surface area (Å²) in [5.74, 6) is -0.0325. The molecule has 4 heteroatoms. The van der Waals surface area contributed by atoms with Gasteiger partial charge in [0.05, 0.1) is 14.1 Å². The number of ether oxygens (including phenoxy) is 1. The molecule has 0 spiro atoms. The van der Waals surface area contributed by atoms with Crippen LogP contribution in [-0.4, -0.2) is 37.7 Å². The molecule has 0 aromatic heterocycles. The number of unbranched alkanes of at least 4 members (excludes halogenated alkanes) is 14. The molecule has 0 fully saturated rings. The number of carbonyl (C=O) groups excluding carboxylic acids is 1. The fourth-order valence-corrected chi connectivity index (χ4v) is 5.09. The Hall–Kier alpha value is -1.58. The largest absolute Gasteiger partial charge is 1.00 e. The van der Waals surface area contributed by atoms with E-state index in [4.69, 9.17) is 4.74 Å². The van der Waals surface area contributed by atoms with Crippen LogP contribution >= 0.6 is 0 Å². The minimum absolute atomic E-state index is 0. The third-order valence-electron chi connectivity index (χ3n) is 7.42. The van der Waals surface area contributed by atoms with E-state index in [9.17, 15) is 4.79 Å². The Labute approximate surface area is 234 Å². The van der Waals surface area contributed by atoms with Crippen molar-refractivity contribution < 1.29 is 26.4 Å². The maximum absolute atomic E-state index is 12.2. The van der Waals surface area contributed by atoms with Crippen molar-refractivity contribution in [3.05, 3.63) is 48.0 Å². The van der Waals surface area contributed by atoms with E-state index < -0.39 is 0 Å². The van der Waals surface area contributed by atoms with Crippen LogP contribution in [0.5, 0.6) is 0 Å². The second kappa shape index (κ2) is 20.4. The molecule has 2 aromatic rings. The number of hydrogen-bond donors (Lipinski definition) is 0. The van der Waals surface area contributed by atoms with Gasteiger partial charge in [-0.05, 0) is 17.2 Å². The van der Waals surface area contributed by atoms with Crippen LogP contribution in [0.1, 0.15) is 115 Å². The van der Waals surface area contributed by atoms with Crippen molar-refractivity contribution in [3.8, 4) is 0 Å². The molecule has 0 saturated carbocycles. The highest BCUT2D eigenvalue weighted by molar-refractivity contribution is 5.85. The van der Waals surface area contributed by atoms with Gasteiger partial charge in [-0.15, -0.1) is 0 Å². The minimum atomic E-state index is -0.0325. The second-order valence-electron chi connectivity index (χ2n) is 11.4. The number of carbonyl (C=O) groups is 1. The van der Waals surface area contributed by atoms with Gasteiger partial charge in [-0.3, -0.25) is 4.79 Å². The van der Waals surface area contributed by atoms with Crippen molar-refractivity contribution in [3.63, 3.8) is 0 Å². The summed E-state index contributed by atoms with van der Waals surface area (Å²) in [6, 6.07) is 15.1. The Kier molecular flexibility index (Phi) is 18.4. The molecule has 0 radical (unpaired) electrons. The van der Waals surface area contributed by atoms with Crippen LogP contribution in [0, 0.1) is 0 Å². The van der Waals surface area contributed by atoms with Gasteiger partial charge in [0.25, 0.3) is 0 Å². The summed E-state index contributed by atoms with van der Waals surface area (Å²) in [6.07, 6.45) is 20.7. The summed E-state index contributed by atoms with van der Waals surface area (Å²) < 4.78 is 6.37. The van der Waals surface area contributed by atoms with Crippen LogP contribution in [0.2, 0.25) is 0 Å². The maximum atomic E-state index is 12.2. The number of fused-ring (bicyclic) bond motifs is 1. The molecular weight excluding hydrogens is 478 g/mol. The molecular formula is C33H54ClNO2. The molecule has 3 nitrogen and oxygen atoms in total. The van der Waals surface area contributed by atoms with Crippen LogP contribution < -0.4 is 12.4 Å². The summed E-state index contributed by atoms with van der Waals surface area (Å²) >= 11 is 0. The Morgan fingerprint density at radius 2 is 1.22 bits per heavy atom. The molecule has 0 aliphatic heterocycles. The van der Waals surface area contributed by atoms with Crippen LogP contribution in [0.15, 0.2) is 42.5 Å². The van der Waals surface area contributed by atoms with Gasteiger partial charge in [-0.25, -0.2) is 0 Å². The Morgan fingerprint density at radius 3 is 1.81 bits per heavy atom. The topological polar surface area (TPSA) is 26.3 Å². The number of esters is 1. The first-order valence-electron chi connectivity index (χ1n) is 15.0. The van der Waals surface area contributed by atoms with Crippen molar-refractivity contribution in [1.29, 1.82) is 0 Å². The van der Waals surface area contributed by atoms with Gasteiger partial charge < -0.3 is 21.6 Å². The van der Waals surface area contributed by atoms with E-state index >= 15 is 0 Å². The second-order valence-corrected chi connectivity index (χ2v) is 11.4. The van der Waals surface area contributed by atoms with Gasteiger partial charge in [0, 0.05) is 12.0 Å².